The van der Waals surface area contributed by atoms with Crippen molar-refractivity contribution in [3.05, 3.63) is 65.7 Å². The van der Waals surface area contributed by atoms with Crippen LogP contribution in [0.25, 0.3) is 11.3 Å². The van der Waals surface area contributed by atoms with Gasteiger partial charge in [-0.25, -0.2) is 9.07 Å². The van der Waals surface area contributed by atoms with Gasteiger partial charge in [-0.15, -0.1) is 0 Å². The van der Waals surface area contributed by atoms with Gasteiger partial charge in [0.15, 0.2) is 0 Å². The molecule has 3 aromatic rings. The molecule has 128 valence electrons. The Morgan fingerprint density at radius 2 is 2.08 bits per heavy atom. The average molecular weight is 340 g/mol. The molecule has 0 radical (unpaired) electrons. The van der Waals surface area contributed by atoms with Crippen LogP contribution in [0.15, 0.2) is 48.8 Å². The molecule has 0 saturated carbocycles. The number of anilines is 1. The maximum absolute atomic E-state index is 13.2. The summed E-state index contributed by atoms with van der Waals surface area (Å²) in [5.41, 5.74) is 2.76. The van der Waals surface area contributed by atoms with Crippen LogP contribution in [0, 0.1) is 12.7 Å². The first-order chi connectivity index (χ1) is 12.1. The molecular weight excluding hydrogens is 323 g/mol. The van der Waals surface area contributed by atoms with Crippen molar-refractivity contribution in [1.29, 1.82) is 0 Å². The Bertz CT molecular complexity index is 908. The van der Waals surface area contributed by atoms with E-state index in [2.05, 4.69) is 15.4 Å². The highest BCUT2D eigenvalue weighted by atomic mass is 19.1. The molecule has 0 spiro atoms. The van der Waals surface area contributed by atoms with Crippen LogP contribution in [0.3, 0.4) is 0 Å². The minimum Gasteiger partial charge on any atom is -0.394 e. The number of hydrogen-bond acceptors (Lipinski definition) is 4. The highest BCUT2D eigenvalue weighted by molar-refractivity contribution is 6.03. The molecule has 0 unspecified atom stereocenters. The van der Waals surface area contributed by atoms with Crippen molar-refractivity contribution < 1.29 is 14.3 Å². The predicted molar refractivity (Wildman–Crippen MR) is 91.6 cm³/mol. The van der Waals surface area contributed by atoms with Crippen molar-refractivity contribution in [2.45, 2.75) is 13.5 Å². The van der Waals surface area contributed by atoms with Crippen LogP contribution in [0.5, 0.6) is 0 Å². The lowest BCUT2D eigenvalue weighted by molar-refractivity contribution is 0.102. The smallest absolute Gasteiger partial charge is 0.258 e. The molecule has 1 amide bonds. The number of aliphatic hydroxyl groups is 1. The Labute approximate surface area is 144 Å². The zero-order chi connectivity index (χ0) is 17.8. The van der Waals surface area contributed by atoms with Gasteiger partial charge in [-0.3, -0.25) is 9.78 Å². The summed E-state index contributed by atoms with van der Waals surface area (Å²) in [6.45, 7) is 2.07. The molecule has 3 rings (SSSR count). The summed E-state index contributed by atoms with van der Waals surface area (Å²) >= 11 is 0. The highest BCUT2D eigenvalue weighted by Gasteiger charge is 2.15. The van der Waals surface area contributed by atoms with E-state index in [1.165, 1.54) is 10.9 Å². The van der Waals surface area contributed by atoms with Crippen LogP contribution >= 0.6 is 0 Å². The number of benzene rings is 1. The predicted octanol–water partition coefficient (Wildman–Crippen LogP) is 2.64. The fourth-order valence-corrected chi connectivity index (χ4v) is 2.50. The fraction of sp³-hybridized carbons (Fsp3) is 0.167. The third-order valence-corrected chi connectivity index (χ3v) is 3.72. The Hall–Kier alpha value is -3.06. The first-order valence-corrected chi connectivity index (χ1v) is 7.75. The number of pyridine rings is 1. The summed E-state index contributed by atoms with van der Waals surface area (Å²) in [4.78, 5) is 16.0. The number of carbonyl (C=O) groups excluding carboxylic acids is 1. The number of hydrogen-bond donors (Lipinski definition) is 2. The first-order valence-electron chi connectivity index (χ1n) is 7.75. The van der Waals surface area contributed by atoms with Gasteiger partial charge in [0.2, 0.25) is 0 Å². The molecule has 0 aliphatic heterocycles. The maximum atomic E-state index is 13.2. The van der Waals surface area contributed by atoms with Crippen molar-refractivity contribution in [2.24, 2.45) is 0 Å². The van der Waals surface area contributed by atoms with Crippen LogP contribution < -0.4 is 5.32 Å². The molecule has 0 bridgehead atoms. The van der Waals surface area contributed by atoms with Crippen LogP contribution in [0.2, 0.25) is 0 Å². The molecule has 6 nitrogen and oxygen atoms in total. The molecule has 0 atom stereocenters. The minimum absolute atomic E-state index is 0.106. The van der Waals surface area contributed by atoms with E-state index in [-0.39, 0.29) is 18.7 Å². The number of aromatic nitrogens is 3. The number of nitrogens with one attached hydrogen (secondary N) is 1. The van der Waals surface area contributed by atoms with Crippen LogP contribution in [-0.2, 0) is 6.54 Å². The zero-order valence-electron chi connectivity index (χ0n) is 13.6. The van der Waals surface area contributed by atoms with Crippen LogP contribution in [-0.4, -0.2) is 32.4 Å². The van der Waals surface area contributed by atoms with Crippen molar-refractivity contribution in [1.82, 2.24) is 14.8 Å². The third kappa shape index (κ3) is 3.72. The highest BCUT2D eigenvalue weighted by Crippen LogP contribution is 2.25. The van der Waals surface area contributed by atoms with Crippen LogP contribution in [0.4, 0.5) is 10.2 Å². The molecule has 0 aliphatic carbocycles. The van der Waals surface area contributed by atoms with Gasteiger partial charge in [0, 0.05) is 17.8 Å². The number of carbonyl (C=O) groups is 1. The van der Waals surface area contributed by atoms with E-state index in [0.717, 1.165) is 23.4 Å². The van der Waals surface area contributed by atoms with Crippen LogP contribution in [0.1, 0.15) is 15.9 Å². The molecule has 1 aromatic carbocycles. The maximum Gasteiger partial charge on any atom is 0.258 e. The van der Waals surface area contributed by atoms with E-state index in [9.17, 15) is 14.3 Å². The van der Waals surface area contributed by atoms with Gasteiger partial charge in [0.25, 0.3) is 5.91 Å². The molecule has 0 saturated heterocycles. The van der Waals surface area contributed by atoms with E-state index >= 15 is 0 Å². The fourth-order valence-electron chi connectivity index (χ4n) is 2.50. The van der Waals surface area contributed by atoms with E-state index < -0.39 is 11.7 Å². The average Bonchev–Trinajstić information content (AvgIpc) is 2.98. The molecular formula is C18H17FN4O2. The molecule has 0 fully saturated rings. The van der Waals surface area contributed by atoms with Gasteiger partial charge in [0.05, 0.1) is 30.6 Å². The van der Waals surface area contributed by atoms with E-state index in [1.54, 1.807) is 6.07 Å². The number of aliphatic hydroxyl groups excluding tert-OH is 1. The SMILES string of the molecule is Cc1ccccc1-c1cc(NC(=O)c2cncc(F)c2)n(CCO)n1. The Morgan fingerprint density at radius 3 is 2.80 bits per heavy atom. The normalized spacial score (nSPS) is 10.7. The van der Waals surface area contributed by atoms with Crippen molar-refractivity contribution >= 4 is 11.7 Å². The largest absolute Gasteiger partial charge is 0.394 e. The van der Waals surface area contributed by atoms with Gasteiger partial charge < -0.3 is 10.4 Å². The molecule has 0 aliphatic rings. The summed E-state index contributed by atoms with van der Waals surface area (Å²) in [6.07, 6.45) is 2.32. The number of amides is 1. The van der Waals surface area contributed by atoms with Gasteiger partial charge in [-0.05, 0) is 18.6 Å². The van der Waals surface area contributed by atoms with Crippen molar-refractivity contribution in [3.63, 3.8) is 0 Å². The van der Waals surface area contributed by atoms with E-state index in [0.29, 0.717) is 11.5 Å². The number of halogens is 1. The second-order valence-corrected chi connectivity index (χ2v) is 5.52. The Balaban J connectivity index is 1.92. The minimum atomic E-state index is -0.586. The lowest BCUT2D eigenvalue weighted by Gasteiger charge is -2.07. The summed E-state index contributed by atoms with van der Waals surface area (Å²) in [5, 5.41) is 16.4. The third-order valence-electron chi connectivity index (χ3n) is 3.72. The zero-order valence-corrected chi connectivity index (χ0v) is 13.6. The summed E-state index contributed by atoms with van der Waals surface area (Å²) in [7, 11) is 0. The van der Waals surface area contributed by atoms with E-state index in [1.807, 2.05) is 31.2 Å². The molecule has 2 aromatic heterocycles. The van der Waals surface area contributed by atoms with Gasteiger partial charge in [-0.2, -0.15) is 5.10 Å². The second-order valence-electron chi connectivity index (χ2n) is 5.52. The van der Waals surface area contributed by atoms with Crippen molar-refractivity contribution in [3.8, 4) is 11.3 Å². The van der Waals surface area contributed by atoms with E-state index in [4.69, 9.17) is 0 Å². The number of nitrogens with zero attached hydrogens (tertiary/aromatic N) is 3. The van der Waals surface area contributed by atoms with Gasteiger partial charge in [0.1, 0.15) is 11.6 Å². The Kier molecular flexibility index (Phi) is 4.85. The number of aryl methyl sites for hydroxylation is 1. The standard InChI is InChI=1S/C18H17FN4O2/c1-12-4-2-3-5-15(12)16-9-17(23(22-16)6-7-24)21-18(25)13-8-14(19)11-20-10-13/h2-5,8-11,24H,6-7H2,1H3,(H,21,25). The van der Waals surface area contributed by atoms with Gasteiger partial charge in [-0.1, -0.05) is 24.3 Å². The van der Waals surface area contributed by atoms with Crippen molar-refractivity contribution in [2.75, 3.05) is 11.9 Å². The topological polar surface area (TPSA) is 80.0 Å². The lowest BCUT2D eigenvalue weighted by atomic mass is 10.1. The molecule has 7 heteroatoms. The lowest BCUT2D eigenvalue weighted by Crippen LogP contribution is -2.17. The van der Waals surface area contributed by atoms with Gasteiger partial charge >= 0.3 is 0 Å². The quantitative estimate of drug-likeness (QED) is 0.748. The Morgan fingerprint density at radius 1 is 1.28 bits per heavy atom. The molecule has 25 heavy (non-hydrogen) atoms. The molecule has 2 heterocycles. The summed E-state index contributed by atoms with van der Waals surface area (Å²) in [6, 6.07) is 10.6. The second kappa shape index (κ2) is 7.23. The summed E-state index contributed by atoms with van der Waals surface area (Å²) < 4.78 is 14.7. The number of rotatable bonds is 5. The first kappa shape index (κ1) is 16.8. The monoisotopic (exact) mass is 340 g/mol. The summed E-state index contributed by atoms with van der Waals surface area (Å²) in [5.74, 6) is -0.666. The molecule has 2 N–H and O–H groups in total.